The number of nitrogens with zero attached hydrogens (tertiary/aromatic N) is 1. The number of phenolic OH excluding ortho intramolecular Hbond substituents is 1. The molecule has 0 radical (unpaired) electrons. The van der Waals surface area contributed by atoms with Crippen molar-refractivity contribution in [2.24, 2.45) is 11.7 Å². The van der Waals surface area contributed by atoms with Crippen molar-refractivity contribution >= 4 is 23.8 Å². The van der Waals surface area contributed by atoms with E-state index in [1.165, 1.54) is 11.0 Å². The SMILES string of the molecule is CC1CC1N(C(=O)C(CCC(N)=O)NC(=O)OC(C)(C)C)C(C(=O)NCc1ccccc1)c1ccccc1O. The fraction of sp³-hybridized carbons (Fsp3) is 0.448. The Hall–Kier alpha value is -4.08. The molecule has 1 fully saturated rings. The van der Waals surface area contributed by atoms with Crippen molar-refractivity contribution in [3.8, 4) is 5.75 Å². The van der Waals surface area contributed by atoms with Crippen LogP contribution in [0.2, 0.25) is 0 Å². The smallest absolute Gasteiger partial charge is 0.408 e. The highest BCUT2D eigenvalue weighted by Gasteiger charge is 2.48. The van der Waals surface area contributed by atoms with E-state index in [2.05, 4.69) is 10.6 Å². The third kappa shape index (κ3) is 8.46. The number of benzene rings is 2. The normalized spacial score (nSPS) is 17.8. The maximum Gasteiger partial charge on any atom is 0.408 e. The summed E-state index contributed by atoms with van der Waals surface area (Å²) in [7, 11) is 0. The van der Waals surface area contributed by atoms with Gasteiger partial charge in [-0.1, -0.05) is 55.5 Å². The molecule has 4 atom stereocenters. The lowest BCUT2D eigenvalue weighted by atomic mass is 10.00. The number of amides is 4. The largest absolute Gasteiger partial charge is 0.508 e. The molecule has 10 heteroatoms. The zero-order chi connectivity index (χ0) is 28.7. The summed E-state index contributed by atoms with van der Waals surface area (Å²) in [5.74, 6) is -1.75. The highest BCUT2D eigenvalue weighted by atomic mass is 16.6. The average molecular weight is 539 g/mol. The second kappa shape index (κ2) is 12.6. The van der Waals surface area contributed by atoms with Gasteiger partial charge >= 0.3 is 6.09 Å². The van der Waals surface area contributed by atoms with Gasteiger partial charge in [-0.3, -0.25) is 14.4 Å². The molecule has 0 heterocycles. The first kappa shape index (κ1) is 29.5. The molecule has 0 saturated heterocycles. The first-order valence-electron chi connectivity index (χ1n) is 13.1. The molecule has 4 amide bonds. The fourth-order valence-corrected chi connectivity index (χ4v) is 4.36. The van der Waals surface area contributed by atoms with E-state index in [4.69, 9.17) is 10.5 Å². The van der Waals surface area contributed by atoms with Crippen LogP contribution in [0.4, 0.5) is 4.79 Å². The van der Waals surface area contributed by atoms with E-state index < -0.39 is 41.5 Å². The second-order valence-corrected chi connectivity index (χ2v) is 10.9. The number of carbonyl (C=O) groups excluding carboxylic acids is 4. The van der Waals surface area contributed by atoms with Crippen molar-refractivity contribution in [3.05, 3.63) is 65.7 Å². The molecule has 1 aliphatic carbocycles. The number of para-hydroxylation sites is 1. The van der Waals surface area contributed by atoms with E-state index in [1.807, 2.05) is 37.3 Å². The monoisotopic (exact) mass is 538 g/mol. The van der Waals surface area contributed by atoms with Gasteiger partial charge in [0, 0.05) is 24.6 Å². The number of primary amides is 1. The number of hydrogen-bond acceptors (Lipinski definition) is 6. The van der Waals surface area contributed by atoms with Gasteiger partial charge in [-0.15, -0.1) is 0 Å². The van der Waals surface area contributed by atoms with E-state index in [0.717, 1.165) is 5.56 Å². The maximum absolute atomic E-state index is 14.1. The Bertz CT molecular complexity index is 1180. The molecule has 39 heavy (non-hydrogen) atoms. The molecule has 0 bridgehead atoms. The Kier molecular flexibility index (Phi) is 9.56. The quantitative estimate of drug-likeness (QED) is 0.345. The highest BCUT2D eigenvalue weighted by Crippen LogP contribution is 2.42. The first-order chi connectivity index (χ1) is 18.4. The summed E-state index contributed by atoms with van der Waals surface area (Å²) < 4.78 is 5.35. The predicted molar refractivity (Wildman–Crippen MR) is 145 cm³/mol. The number of carbonyl (C=O) groups is 4. The number of rotatable bonds is 11. The summed E-state index contributed by atoms with van der Waals surface area (Å²) in [4.78, 5) is 53.5. The molecule has 1 saturated carbocycles. The van der Waals surface area contributed by atoms with Crippen LogP contribution in [0.1, 0.15) is 64.1 Å². The fourth-order valence-electron chi connectivity index (χ4n) is 4.36. The predicted octanol–water partition coefficient (Wildman–Crippen LogP) is 3.15. The Labute approximate surface area is 228 Å². The van der Waals surface area contributed by atoms with Crippen LogP contribution in [0.5, 0.6) is 5.75 Å². The molecule has 2 aromatic rings. The lowest BCUT2D eigenvalue weighted by molar-refractivity contribution is -0.143. The minimum absolute atomic E-state index is 0.0792. The van der Waals surface area contributed by atoms with Crippen molar-refractivity contribution in [3.63, 3.8) is 0 Å². The number of alkyl carbamates (subject to hydrolysis) is 1. The highest BCUT2D eigenvalue weighted by molar-refractivity contribution is 5.93. The van der Waals surface area contributed by atoms with Crippen LogP contribution in [0.3, 0.4) is 0 Å². The number of nitrogens with two attached hydrogens (primary N) is 1. The third-order valence-electron chi connectivity index (χ3n) is 6.41. The van der Waals surface area contributed by atoms with Crippen molar-refractivity contribution in [2.45, 2.75) is 77.2 Å². The molecule has 4 unspecified atom stereocenters. The summed E-state index contributed by atoms with van der Waals surface area (Å²) in [6.07, 6.45) is -0.440. The van der Waals surface area contributed by atoms with Crippen molar-refractivity contribution in [1.82, 2.24) is 15.5 Å². The molecule has 0 aromatic heterocycles. The minimum Gasteiger partial charge on any atom is -0.508 e. The Morgan fingerprint density at radius 2 is 1.69 bits per heavy atom. The van der Waals surface area contributed by atoms with Crippen LogP contribution in [0.15, 0.2) is 54.6 Å². The molecular formula is C29H38N4O6. The number of aromatic hydroxyl groups is 1. The average Bonchev–Trinajstić information content (AvgIpc) is 3.58. The number of nitrogens with one attached hydrogen (secondary N) is 2. The Morgan fingerprint density at radius 3 is 2.26 bits per heavy atom. The topological polar surface area (TPSA) is 151 Å². The zero-order valence-corrected chi connectivity index (χ0v) is 22.8. The lowest BCUT2D eigenvalue weighted by Gasteiger charge is -2.35. The third-order valence-corrected chi connectivity index (χ3v) is 6.41. The van der Waals surface area contributed by atoms with Gasteiger partial charge in [0.25, 0.3) is 0 Å². The summed E-state index contributed by atoms with van der Waals surface area (Å²) in [5.41, 5.74) is 5.65. The molecule has 210 valence electrons. The van der Waals surface area contributed by atoms with E-state index in [0.29, 0.717) is 6.42 Å². The standard InChI is InChI=1S/C29H38N4O6/c1-18-16-22(18)33(27(37)21(14-15-24(30)35)32-28(38)39-29(2,3)4)25(20-12-8-9-13-23(20)34)26(36)31-17-19-10-6-5-7-11-19/h5-13,18,21-22,25,34H,14-17H2,1-4H3,(H2,30,35)(H,31,36)(H,32,38). The number of phenols is 1. The molecular weight excluding hydrogens is 500 g/mol. The van der Waals surface area contributed by atoms with Gasteiger partial charge in [0.05, 0.1) is 0 Å². The van der Waals surface area contributed by atoms with Crippen LogP contribution in [0, 0.1) is 5.92 Å². The Balaban J connectivity index is 1.98. The van der Waals surface area contributed by atoms with Gasteiger partial charge < -0.3 is 31.1 Å². The van der Waals surface area contributed by atoms with Crippen LogP contribution in [-0.4, -0.2) is 51.5 Å². The lowest BCUT2D eigenvalue weighted by Crippen LogP contribution is -2.54. The van der Waals surface area contributed by atoms with E-state index in [1.54, 1.807) is 39.0 Å². The summed E-state index contributed by atoms with van der Waals surface area (Å²) in [5, 5.41) is 16.2. The first-order valence-corrected chi connectivity index (χ1v) is 13.1. The molecule has 1 aliphatic rings. The molecule has 0 aliphatic heterocycles. The number of hydrogen-bond donors (Lipinski definition) is 4. The molecule has 10 nitrogen and oxygen atoms in total. The summed E-state index contributed by atoms with van der Waals surface area (Å²) in [6, 6.07) is 13.0. The van der Waals surface area contributed by atoms with Crippen LogP contribution < -0.4 is 16.4 Å². The van der Waals surface area contributed by atoms with Gasteiger partial charge in [-0.2, -0.15) is 0 Å². The minimum atomic E-state index is -1.19. The van der Waals surface area contributed by atoms with E-state index in [9.17, 15) is 24.3 Å². The van der Waals surface area contributed by atoms with Gasteiger partial charge in [-0.05, 0) is 51.2 Å². The summed E-state index contributed by atoms with van der Waals surface area (Å²) in [6.45, 7) is 7.24. The van der Waals surface area contributed by atoms with Crippen molar-refractivity contribution in [2.75, 3.05) is 0 Å². The van der Waals surface area contributed by atoms with Crippen LogP contribution in [0.25, 0.3) is 0 Å². The van der Waals surface area contributed by atoms with Crippen LogP contribution in [-0.2, 0) is 25.7 Å². The van der Waals surface area contributed by atoms with Gasteiger partial charge in [0.2, 0.25) is 17.7 Å². The van der Waals surface area contributed by atoms with Gasteiger partial charge in [-0.25, -0.2) is 4.79 Å². The van der Waals surface area contributed by atoms with E-state index in [-0.39, 0.29) is 42.7 Å². The van der Waals surface area contributed by atoms with Crippen LogP contribution >= 0.6 is 0 Å². The van der Waals surface area contributed by atoms with Gasteiger partial charge in [0.15, 0.2) is 0 Å². The maximum atomic E-state index is 14.1. The van der Waals surface area contributed by atoms with Gasteiger partial charge in [0.1, 0.15) is 23.4 Å². The molecule has 5 N–H and O–H groups in total. The second-order valence-electron chi connectivity index (χ2n) is 10.9. The summed E-state index contributed by atoms with van der Waals surface area (Å²) >= 11 is 0. The van der Waals surface area contributed by atoms with E-state index >= 15 is 0 Å². The molecule has 0 spiro atoms. The van der Waals surface area contributed by atoms with Crippen molar-refractivity contribution < 1.29 is 29.0 Å². The molecule has 2 aromatic carbocycles. The zero-order valence-electron chi connectivity index (χ0n) is 22.8. The number of ether oxygens (including phenoxy) is 1. The van der Waals surface area contributed by atoms with Crippen molar-refractivity contribution in [1.29, 1.82) is 0 Å². The molecule has 3 rings (SSSR count). The Morgan fingerprint density at radius 1 is 1.08 bits per heavy atom.